The van der Waals surface area contributed by atoms with Crippen LogP contribution in [0.25, 0.3) is 0 Å². The van der Waals surface area contributed by atoms with Crippen LogP contribution in [0, 0.1) is 13.8 Å². The molecule has 3 N–H and O–H groups in total. The third-order valence-electron chi connectivity index (χ3n) is 3.00. The summed E-state index contributed by atoms with van der Waals surface area (Å²) in [4.78, 5) is 0. The summed E-state index contributed by atoms with van der Waals surface area (Å²) >= 11 is 0. The van der Waals surface area contributed by atoms with Crippen LogP contribution >= 0.6 is 0 Å². The summed E-state index contributed by atoms with van der Waals surface area (Å²) in [6.45, 7) is 3.98. The minimum atomic E-state index is -0.588. The molecule has 2 aromatic carbocycles. The van der Waals surface area contributed by atoms with Crippen molar-refractivity contribution >= 4 is 5.69 Å². The van der Waals surface area contributed by atoms with Gasteiger partial charge in [0, 0.05) is 5.69 Å². The van der Waals surface area contributed by atoms with E-state index in [2.05, 4.69) is 0 Å². The van der Waals surface area contributed by atoms with Gasteiger partial charge in [-0.2, -0.15) is 0 Å². The first-order valence-corrected chi connectivity index (χ1v) is 5.68. The van der Waals surface area contributed by atoms with Gasteiger partial charge in [0.2, 0.25) is 0 Å². The second-order valence-corrected chi connectivity index (χ2v) is 4.43. The Balaban J connectivity index is 2.33. The zero-order valence-electron chi connectivity index (χ0n) is 10.1. The topological polar surface area (TPSA) is 46.2 Å². The molecule has 88 valence electrons. The number of aryl methyl sites for hydroxylation is 2. The van der Waals surface area contributed by atoms with Crippen LogP contribution < -0.4 is 5.73 Å². The molecule has 0 fully saturated rings. The van der Waals surface area contributed by atoms with Gasteiger partial charge in [0.25, 0.3) is 0 Å². The van der Waals surface area contributed by atoms with E-state index in [-0.39, 0.29) is 0 Å². The Kier molecular flexibility index (Phi) is 3.16. The first-order chi connectivity index (χ1) is 8.08. The van der Waals surface area contributed by atoms with Crippen LogP contribution in [0.2, 0.25) is 0 Å². The van der Waals surface area contributed by atoms with E-state index in [0.717, 1.165) is 22.4 Å². The normalized spacial score (nSPS) is 12.4. The van der Waals surface area contributed by atoms with E-state index in [1.54, 1.807) is 0 Å². The van der Waals surface area contributed by atoms with E-state index in [0.29, 0.717) is 0 Å². The lowest BCUT2D eigenvalue weighted by Crippen LogP contribution is -2.01. The maximum atomic E-state index is 10.3. The molecule has 0 unspecified atom stereocenters. The zero-order chi connectivity index (χ0) is 12.4. The lowest BCUT2D eigenvalue weighted by atomic mass is 9.98. The van der Waals surface area contributed by atoms with E-state index in [1.807, 2.05) is 56.3 Å². The number of nitrogens with two attached hydrogens (primary N) is 1. The van der Waals surface area contributed by atoms with Crippen LogP contribution in [-0.4, -0.2) is 5.11 Å². The maximum absolute atomic E-state index is 10.3. The fourth-order valence-electron chi connectivity index (χ4n) is 1.81. The van der Waals surface area contributed by atoms with Crippen molar-refractivity contribution in [2.45, 2.75) is 20.0 Å². The number of aliphatic hydroxyl groups excluding tert-OH is 1. The van der Waals surface area contributed by atoms with E-state index in [1.165, 1.54) is 5.56 Å². The third kappa shape index (κ3) is 2.48. The molecule has 0 bridgehead atoms. The first-order valence-electron chi connectivity index (χ1n) is 5.68. The molecule has 2 aromatic rings. The van der Waals surface area contributed by atoms with Crippen LogP contribution in [-0.2, 0) is 0 Å². The molecule has 1 atom stereocenters. The summed E-state index contributed by atoms with van der Waals surface area (Å²) in [7, 11) is 0. The number of hydrogen-bond acceptors (Lipinski definition) is 2. The molecule has 0 radical (unpaired) electrons. The van der Waals surface area contributed by atoms with Crippen molar-refractivity contribution in [1.29, 1.82) is 0 Å². The van der Waals surface area contributed by atoms with Crippen molar-refractivity contribution < 1.29 is 5.11 Å². The highest BCUT2D eigenvalue weighted by molar-refractivity contribution is 5.49. The van der Waals surface area contributed by atoms with Crippen LogP contribution in [0.15, 0.2) is 42.5 Å². The fourth-order valence-corrected chi connectivity index (χ4v) is 1.81. The van der Waals surface area contributed by atoms with Crippen molar-refractivity contribution in [2.75, 3.05) is 5.73 Å². The summed E-state index contributed by atoms with van der Waals surface area (Å²) < 4.78 is 0. The van der Waals surface area contributed by atoms with Crippen molar-refractivity contribution in [1.82, 2.24) is 0 Å². The quantitative estimate of drug-likeness (QED) is 0.775. The Morgan fingerprint density at radius 1 is 0.941 bits per heavy atom. The Morgan fingerprint density at radius 2 is 1.53 bits per heavy atom. The second-order valence-electron chi connectivity index (χ2n) is 4.43. The number of anilines is 1. The Bertz CT molecular complexity index is 517. The van der Waals surface area contributed by atoms with Crippen LogP contribution in [0.5, 0.6) is 0 Å². The molecule has 2 rings (SSSR count). The standard InChI is InChI=1S/C15H17NO/c1-10-3-5-12(6-4-10)15(17)13-7-8-14(16)11(2)9-13/h3-9,15,17H,16H2,1-2H3/t15-/m1/s1. The largest absolute Gasteiger partial charge is 0.399 e. The van der Waals surface area contributed by atoms with E-state index in [4.69, 9.17) is 5.73 Å². The van der Waals surface area contributed by atoms with Gasteiger partial charge in [-0.3, -0.25) is 0 Å². The Labute approximate surface area is 102 Å². The van der Waals surface area contributed by atoms with Gasteiger partial charge in [0.05, 0.1) is 0 Å². The zero-order valence-corrected chi connectivity index (χ0v) is 10.1. The summed E-state index contributed by atoms with van der Waals surface area (Å²) in [6.07, 6.45) is -0.588. The molecular formula is C15H17NO. The predicted octanol–water partition coefficient (Wildman–Crippen LogP) is 2.97. The molecule has 0 aliphatic carbocycles. The van der Waals surface area contributed by atoms with Gasteiger partial charge in [-0.15, -0.1) is 0 Å². The number of hydrogen-bond donors (Lipinski definition) is 2. The van der Waals surface area contributed by atoms with Crippen LogP contribution in [0.1, 0.15) is 28.4 Å². The molecule has 2 heteroatoms. The summed E-state index contributed by atoms with van der Waals surface area (Å²) in [5, 5.41) is 10.3. The van der Waals surface area contributed by atoms with Gasteiger partial charge in [-0.1, -0.05) is 42.0 Å². The second kappa shape index (κ2) is 4.60. The minimum Gasteiger partial charge on any atom is -0.399 e. The van der Waals surface area contributed by atoms with E-state index >= 15 is 0 Å². The van der Waals surface area contributed by atoms with Crippen molar-refractivity contribution in [3.8, 4) is 0 Å². The van der Waals surface area contributed by atoms with Crippen LogP contribution in [0.4, 0.5) is 5.69 Å². The van der Waals surface area contributed by atoms with Gasteiger partial charge in [-0.25, -0.2) is 0 Å². The van der Waals surface area contributed by atoms with Gasteiger partial charge in [0.1, 0.15) is 6.10 Å². The van der Waals surface area contributed by atoms with Gasteiger partial charge >= 0.3 is 0 Å². The smallest absolute Gasteiger partial charge is 0.104 e. The van der Waals surface area contributed by atoms with Gasteiger partial charge in [-0.05, 0) is 36.6 Å². The molecule has 0 aliphatic rings. The van der Waals surface area contributed by atoms with Gasteiger partial charge < -0.3 is 10.8 Å². The Hall–Kier alpha value is -1.80. The lowest BCUT2D eigenvalue weighted by Gasteiger charge is -2.13. The Morgan fingerprint density at radius 3 is 2.12 bits per heavy atom. The average molecular weight is 227 g/mol. The highest BCUT2D eigenvalue weighted by Crippen LogP contribution is 2.24. The highest BCUT2D eigenvalue weighted by Gasteiger charge is 2.10. The molecule has 0 saturated heterocycles. The molecule has 0 heterocycles. The summed E-state index contributed by atoms with van der Waals surface area (Å²) in [5.41, 5.74) is 10.5. The predicted molar refractivity (Wildman–Crippen MR) is 70.8 cm³/mol. The maximum Gasteiger partial charge on any atom is 0.104 e. The lowest BCUT2D eigenvalue weighted by molar-refractivity contribution is 0.220. The summed E-state index contributed by atoms with van der Waals surface area (Å²) in [5.74, 6) is 0. The van der Waals surface area contributed by atoms with Gasteiger partial charge in [0.15, 0.2) is 0 Å². The van der Waals surface area contributed by atoms with Crippen LogP contribution in [0.3, 0.4) is 0 Å². The minimum absolute atomic E-state index is 0.588. The summed E-state index contributed by atoms with van der Waals surface area (Å²) in [6, 6.07) is 13.5. The molecule has 0 aromatic heterocycles. The molecule has 0 spiro atoms. The molecule has 2 nitrogen and oxygen atoms in total. The average Bonchev–Trinajstić information content (AvgIpc) is 2.33. The van der Waals surface area contributed by atoms with E-state index in [9.17, 15) is 5.11 Å². The number of aliphatic hydroxyl groups is 1. The SMILES string of the molecule is Cc1ccc([C@@H](O)c2ccc(N)c(C)c2)cc1. The molecule has 0 saturated carbocycles. The molecule has 17 heavy (non-hydrogen) atoms. The molecule has 0 aliphatic heterocycles. The number of nitrogen functional groups attached to an aromatic ring is 1. The monoisotopic (exact) mass is 227 g/mol. The van der Waals surface area contributed by atoms with Crippen molar-refractivity contribution in [3.63, 3.8) is 0 Å². The third-order valence-corrected chi connectivity index (χ3v) is 3.00. The highest BCUT2D eigenvalue weighted by atomic mass is 16.3. The number of benzene rings is 2. The first kappa shape index (κ1) is 11.7. The molecular weight excluding hydrogens is 210 g/mol. The van der Waals surface area contributed by atoms with Crippen molar-refractivity contribution in [3.05, 3.63) is 64.7 Å². The van der Waals surface area contributed by atoms with E-state index < -0.39 is 6.10 Å². The number of rotatable bonds is 2. The fraction of sp³-hybridized carbons (Fsp3) is 0.200. The van der Waals surface area contributed by atoms with Crippen molar-refractivity contribution in [2.24, 2.45) is 0 Å². The molecule has 0 amide bonds.